The molecule has 1 fully saturated rings. The van der Waals surface area contributed by atoms with Gasteiger partial charge in [-0.1, -0.05) is 36.8 Å². The molecule has 2 amide bonds. The Kier molecular flexibility index (Phi) is 5.82. The third kappa shape index (κ3) is 4.24. The second-order valence-electron chi connectivity index (χ2n) is 6.94. The molecule has 0 radical (unpaired) electrons. The minimum atomic E-state index is -1.11. The summed E-state index contributed by atoms with van der Waals surface area (Å²) in [6.45, 7) is 5.46. The molecule has 7 nitrogen and oxygen atoms in total. The molecule has 1 saturated heterocycles. The fraction of sp³-hybridized carbons (Fsp3) is 0.381. The molecule has 1 N–H and O–H groups in total. The SMILES string of the molecule is CCc1oc(C(=O)N2CCN(C(=O)Cc3ccc(C)cc3)CC2)cc1C(=O)O. The third-order valence-electron chi connectivity index (χ3n) is 4.97. The van der Waals surface area contributed by atoms with Crippen molar-refractivity contribution in [2.75, 3.05) is 26.2 Å². The van der Waals surface area contributed by atoms with E-state index in [4.69, 9.17) is 4.42 Å². The summed E-state index contributed by atoms with van der Waals surface area (Å²) in [5, 5.41) is 9.21. The summed E-state index contributed by atoms with van der Waals surface area (Å²) < 4.78 is 5.45. The van der Waals surface area contributed by atoms with Crippen molar-refractivity contribution in [3.8, 4) is 0 Å². The first kappa shape index (κ1) is 19.7. The summed E-state index contributed by atoms with van der Waals surface area (Å²) in [6, 6.07) is 9.17. The van der Waals surface area contributed by atoms with E-state index in [1.807, 2.05) is 31.2 Å². The number of aromatic carboxylic acids is 1. The van der Waals surface area contributed by atoms with Gasteiger partial charge >= 0.3 is 5.97 Å². The number of carbonyl (C=O) groups is 3. The Morgan fingerprint density at radius 1 is 1.04 bits per heavy atom. The molecule has 3 rings (SSSR count). The van der Waals surface area contributed by atoms with Crippen LogP contribution >= 0.6 is 0 Å². The smallest absolute Gasteiger partial charge is 0.339 e. The monoisotopic (exact) mass is 384 g/mol. The van der Waals surface area contributed by atoms with Gasteiger partial charge in [0.25, 0.3) is 5.91 Å². The molecule has 0 bridgehead atoms. The highest BCUT2D eigenvalue weighted by Gasteiger charge is 2.28. The molecule has 0 saturated carbocycles. The predicted octanol–water partition coefficient (Wildman–Crippen LogP) is 2.38. The van der Waals surface area contributed by atoms with Gasteiger partial charge in [-0.25, -0.2) is 4.79 Å². The van der Waals surface area contributed by atoms with Crippen LogP contribution in [0.25, 0.3) is 0 Å². The number of carboxylic acid groups (broad SMARTS) is 1. The maximum absolute atomic E-state index is 12.6. The summed E-state index contributed by atoms with van der Waals surface area (Å²) in [4.78, 5) is 39.7. The van der Waals surface area contributed by atoms with Crippen molar-refractivity contribution in [2.24, 2.45) is 0 Å². The van der Waals surface area contributed by atoms with E-state index < -0.39 is 5.97 Å². The maximum Gasteiger partial charge on any atom is 0.339 e. The number of rotatable bonds is 5. The Morgan fingerprint density at radius 2 is 1.64 bits per heavy atom. The van der Waals surface area contributed by atoms with Crippen LogP contribution < -0.4 is 0 Å². The van der Waals surface area contributed by atoms with Crippen LogP contribution in [0.1, 0.15) is 44.7 Å². The molecule has 2 aromatic rings. The molecule has 7 heteroatoms. The van der Waals surface area contributed by atoms with Gasteiger partial charge in [0.05, 0.1) is 6.42 Å². The molecule has 1 aliphatic heterocycles. The molecule has 0 aliphatic carbocycles. The molecule has 28 heavy (non-hydrogen) atoms. The first-order valence-corrected chi connectivity index (χ1v) is 9.37. The van der Waals surface area contributed by atoms with Gasteiger partial charge in [-0.15, -0.1) is 0 Å². The van der Waals surface area contributed by atoms with Gasteiger partial charge in [-0.05, 0) is 12.5 Å². The Hall–Kier alpha value is -3.09. The molecule has 148 valence electrons. The van der Waals surface area contributed by atoms with E-state index in [9.17, 15) is 19.5 Å². The number of aryl methyl sites for hydroxylation is 2. The number of carboxylic acids is 1. The third-order valence-corrected chi connectivity index (χ3v) is 4.97. The van der Waals surface area contributed by atoms with Gasteiger partial charge in [0, 0.05) is 38.7 Å². The highest BCUT2D eigenvalue weighted by Crippen LogP contribution is 2.19. The van der Waals surface area contributed by atoms with Crippen LogP contribution in [0.5, 0.6) is 0 Å². The minimum absolute atomic E-state index is 0.0257. The van der Waals surface area contributed by atoms with E-state index in [1.54, 1.807) is 16.7 Å². The van der Waals surface area contributed by atoms with Crippen LogP contribution in [0.3, 0.4) is 0 Å². The van der Waals surface area contributed by atoms with E-state index in [0.29, 0.717) is 44.8 Å². The van der Waals surface area contributed by atoms with Crippen LogP contribution in [-0.2, 0) is 17.6 Å². The average Bonchev–Trinajstić information content (AvgIpc) is 3.14. The zero-order valence-electron chi connectivity index (χ0n) is 16.1. The predicted molar refractivity (Wildman–Crippen MR) is 102 cm³/mol. The lowest BCUT2D eigenvalue weighted by Gasteiger charge is -2.34. The summed E-state index contributed by atoms with van der Waals surface area (Å²) >= 11 is 0. The van der Waals surface area contributed by atoms with Gasteiger partial charge in [0.1, 0.15) is 11.3 Å². The summed E-state index contributed by atoms with van der Waals surface area (Å²) in [6.07, 6.45) is 0.741. The summed E-state index contributed by atoms with van der Waals surface area (Å²) in [5.74, 6) is -1.08. The lowest BCUT2D eigenvalue weighted by Crippen LogP contribution is -2.50. The Labute approximate surface area is 163 Å². The zero-order valence-corrected chi connectivity index (χ0v) is 16.1. The summed E-state index contributed by atoms with van der Waals surface area (Å²) in [5.41, 5.74) is 2.15. The molecule has 0 spiro atoms. The van der Waals surface area contributed by atoms with E-state index in [-0.39, 0.29) is 23.1 Å². The van der Waals surface area contributed by atoms with E-state index in [0.717, 1.165) is 11.1 Å². The fourth-order valence-corrected chi connectivity index (χ4v) is 3.28. The molecular formula is C21H24N2O5. The number of hydrogen-bond acceptors (Lipinski definition) is 4. The molecule has 0 unspecified atom stereocenters. The molecule has 1 aromatic heterocycles. The number of piperazine rings is 1. The molecule has 1 aliphatic rings. The Morgan fingerprint density at radius 3 is 2.18 bits per heavy atom. The first-order chi connectivity index (χ1) is 13.4. The van der Waals surface area contributed by atoms with Crippen molar-refractivity contribution in [2.45, 2.75) is 26.7 Å². The minimum Gasteiger partial charge on any atom is -0.478 e. The van der Waals surface area contributed by atoms with Crippen LogP contribution in [0.4, 0.5) is 0 Å². The molecule has 2 heterocycles. The highest BCUT2D eigenvalue weighted by molar-refractivity contribution is 5.96. The van der Waals surface area contributed by atoms with Gasteiger partial charge in [-0.3, -0.25) is 9.59 Å². The summed E-state index contributed by atoms with van der Waals surface area (Å²) in [7, 11) is 0. The average molecular weight is 384 g/mol. The largest absolute Gasteiger partial charge is 0.478 e. The van der Waals surface area contributed by atoms with Crippen molar-refractivity contribution in [1.29, 1.82) is 0 Å². The van der Waals surface area contributed by atoms with Crippen molar-refractivity contribution >= 4 is 17.8 Å². The quantitative estimate of drug-likeness (QED) is 0.855. The second kappa shape index (κ2) is 8.29. The van der Waals surface area contributed by atoms with Crippen LogP contribution in [0.2, 0.25) is 0 Å². The van der Waals surface area contributed by atoms with Gasteiger partial charge in [0.2, 0.25) is 5.91 Å². The van der Waals surface area contributed by atoms with E-state index in [2.05, 4.69) is 0 Å². The molecular weight excluding hydrogens is 360 g/mol. The Bertz CT molecular complexity index is 877. The normalized spacial score (nSPS) is 14.2. The van der Waals surface area contributed by atoms with Crippen LogP contribution in [-0.4, -0.2) is 58.9 Å². The molecule has 0 atom stereocenters. The Balaban J connectivity index is 1.58. The van der Waals surface area contributed by atoms with Crippen molar-refractivity contribution in [3.63, 3.8) is 0 Å². The van der Waals surface area contributed by atoms with Gasteiger partial charge in [-0.2, -0.15) is 0 Å². The first-order valence-electron chi connectivity index (χ1n) is 9.37. The van der Waals surface area contributed by atoms with Crippen LogP contribution in [0.15, 0.2) is 34.7 Å². The lowest BCUT2D eigenvalue weighted by molar-refractivity contribution is -0.131. The van der Waals surface area contributed by atoms with Gasteiger partial charge in [0.15, 0.2) is 5.76 Å². The maximum atomic E-state index is 12.6. The standard InChI is InChI=1S/C21H24N2O5/c1-3-17-16(21(26)27)13-18(28-17)20(25)23-10-8-22(9-11-23)19(24)12-15-6-4-14(2)5-7-15/h4-7,13H,3,8-12H2,1-2H3,(H,26,27). The number of hydrogen-bond donors (Lipinski definition) is 1. The van der Waals surface area contributed by atoms with Crippen molar-refractivity contribution in [3.05, 3.63) is 58.5 Å². The van der Waals surface area contributed by atoms with Gasteiger partial charge < -0.3 is 19.3 Å². The zero-order chi connectivity index (χ0) is 20.3. The van der Waals surface area contributed by atoms with Crippen molar-refractivity contribution < 1.29 is 23.9 Å². The number of carbonyl (C=O) groups excluding carboxylic acids is 2. The number of amides is 2. The topological polar surface area (TPSA) is 91.1 Å². The highest BCUT2D eigenvalue weighted by atomic mass is 16.4. The second-order valence-corrected chi connectivity index (χ2v) is 6.94. The number of furan rings is 1. The van der Waals surface area contributed by atoms with E-state index >= 15 is 0 Å². The van der Waals surface area contributed by atoms with Crippen LogP contribution in [0, 0.1) is 6.92 Å². The number of benzene rings is 1. The lowest BCUT2D eigenvalue weighted by atomic mass is 10.1. The number of nitrogens with zero attached hydrogens (tertiary/aromatic N) is 2. The van der Waals surface area contributed by atoms with E-state index in [1.165, 1.54) is 6.07 Å². The van der Waals surface area contributed by atoms with Crippen molar-refractivity contribution in [1.82, 2.24) is 9.80 Å². The fourth-order valence-electron chi connectivity index (χ4n) is 3.28. The molecule has 1 aromatic carbocycles.